The molecule has 1 aliphatic rings. The Morgan fingerprint density at radius 2 is 1.92 bits per heavy atom. The fourth-order valence-electron chi connectivity index (χ4n) is 4.43. The van der Waals surface area contributed by atoms with Crippen LogP contribution in [0.3, 0.4) is 0 Å². The first-order chi connectivity index (χ1) is 18.2. The molecule has 0 bridgehead atoms. The highest BCUT2D eigenvalue weighted by atomic mass is 35.5. The summed E-state index contributed by atoms with van der Waals surface area (Å²) in [6, 6.07) is 12.6. The smallest absolute Gasteiger partial charge is 0.339 e. The Hall–Kier alpha value is -3.96. The number of carbonyl (C=O) groups excluding carboxylic acids is 1. The minimum atomic E-state index is -4.02. The van der Waals surface area contributed by atoms with Gasteiger partial charge in [0.05, 0.1) is 38.8 Å². The fraction of sp³-hybridized carbons (Fsp3) is 0.231. The second-order valence-electron chi connectivity index (χ2n) is 8.75. The van der Waals surface area contributed by atoms with Gasteiger partial charge >= 0.3 is 11.7 Å². The molecule has 0 atom stereocenters. The molecule has 196 valence electrons. The van der Waals surface area contributed by atoms with Gasteiger partial charge in [-0.2, -0.15) is 0 Å². The highest BCUT2D eigenvalue weighted by Crippen LogP contribution is 2.33. The number of nitrogens with zero attached hydrogens (tertiary/aromatic N) is 3. The molecule has 0 fully saturated rings. The second-order valence-corrected chi connectivity index (χ2v) is 11.0. The molecule has 0 amide bonds. The molecule has 0 radical (unpaired) electrons. The standard InChI is InChI=1S/C26H23ClN4O6S/c1-2-12-37-25(33)17-13-19-23(28-15-17)31(26(34)29-24(19)32)22-14-18(9-10-20(22)27)38(35,36)30-11-5-7-16-6-3-4-8-21(16)30/h3-4,6,8-10,13-15H,2,5,7,11-12H2,1H3,(H,29,32,34). The van der Waals surface area contributed by atoms with E-state index in [0.717, 1.165) is 16.6 Å². The molecule has 38 heavy (non-hydrogen) atoms. The number of carbonyl (C=O) groups is 1. The van der Waals surface area contributed by atoms with Crippen molar-refractivity contribution in [3.05, 3.63) is 91.7 Å². The summed E-state index contributed by atoms with van der Waals surface area (Å²) in [6.07, 6.45) is 3.24. The largest absolute Gasteiger partial charge is 0.462 e. The minimum absolute atomic E-state index is 0.0121. The average Bonchev–Trinajstić information content (AvgIpc) is 2.92. The number of H-pyrrole nitrogens is 1. The van der Waals surface area contributed by atoms with Gasteiger partial charge in [0.15, 0.2) is 5.65 Å². The summed E-state index contributed by atoms with van der Waals surface area (Å²) >= 11 is 6.44. The number of pyridine rings is 1. The van der Waals surface area contributed by atoms with Crippen LogP contribution in [0.25, 0.3) is 16.7 Å². The number of sulfonamides is 1. The summed E-state index contributed by atoms with van der Waals surface area (Å²) in [6.45, 7) is 2.35. The van der Waals surface area contributed by atoms with Gasteiger partial charge < -0.3 is 4.74 Å². The number of anilines is 1. The molecule has 3 heterocycles. The highest BCUT2D eigenvalue weighted by molar-refractivity contribution is 7.92. The van der Waals surface area contributed by atoms with Gasteiger partial charge in [0.2, 0.25) is 0 Å². The van der Waals surface area contributed by atoms with Gasteiger partial charge in [-0.25, -0.2) is 27.6 Å². The number of nitrogens with one attached hydrogen (secondary N) is 1. The van der Waals surface area contributed by atoms with Crippen molar-refractivity contribution < 1.29 is 17.9 Å². The maximum atomic E-state index is 13.7. The van der Waals surface area contributed by atoms with Crippen LogP contribution in [0.5, 0.6) is 0 Å². The lowest BCUT2D eigenvalue weighted by Crippen LogP contribution is -2.35. The van der Waals surface area contributed by atoms with Crippen molar-refractivity contribution in [2.75, 3.05) is 17.5 Å². The summed E-state index contributed by atoms with van der Waals surface area (Å²) in [4.78, 5) is 44.1. The van der Waals surface area contributed by atoms with E-state index in [1.165, 1.54) is 34.8 Å². The van der Waals surface area contributed by atoms with Crippen LogP contribution in [0.2, 0.25) is 5.02 Å². The third kappa shape index (κ3) is 4.48. The molecule has 0 aliphatic carbocycles. The van der Waals surface area contributed by atoms with E-state index in [4.69, 9.17) is 16.3 Å². The van der Waals surface area contributed by atoms with Gasteiger partial charge in [0.25, 0.3) is 15.6 Å². The lowest BCUT2D eigenvalue weighted by atomic mass is 10.0. The van der Waals surface area contributed by atoms with Crippen molar-refractivity contribution in [1.29, 1.82) is 0 Å². The number of ether oxygens (including phenoxy) is 1. The Morgan fingerprint density at radius 3 is 2.71 bits per heavy atom. The van der Waals surface area contributed by atoms with Crippen LogP contribution in [-0.2, 0) is 21.2 Å². The van der Waals surface area contributed by atoms with Gasteiger partial charge in [-0.3, -0.25) is 14.1 Å². The maximum Gasteiger partial charge on any atom is 0.339 e. The fourth-order valence-corrected chi connectivity index (χ4v) is 6.20. The predicted octanol–water partition coefficient (Wildman–Crippen LogP) is 3.44. The van der Waals surface area contributed by atoms with Gasteiger partial charge in [0, 0.05) is 12.7 Å². The van der Waals surface area contributed by atoms with E-state index >= 15 is 0 Å². The summed E-state index contributed by atoms with van der Waals surface area (Å²) in [7, 11) is -4.02. The Balaban J connectivity index is 1.65. The SMILES string of the molecule is CCCOC(=O)c1cnc2c(c1)c(=O)[nH]c(=O)n2-c1cc(S(=O)(=O)N2CCCc3ccccc32)ccc1Cl. The number of hydrogen-bond acceptors (Lipinski definition) is 7. The molecule has 10 nitrogen and oxygen atoms in total. The number of para-hydroxylation sites is 1. The number of rotatable bonds is 6. The van der Waals surface area contributed by atoms with Crippen molar-refractivity contribution in [3.8, 4) is 5.69 Å². The monoisotopic (exact) mass is 554 g/mol. The molecular weight excluding hydrogens is 532 g/mol. The molecule has 0 saturated heterocycles. The predicted molar refractivity (Wildman–Crippen MR) is 143 cm³/mol. The molecular formula is C26H23ClN4O6S. The molecule has 4 aromatic rings. The van der Waals surface area contributed by atoms with Gasteiger partial charge in [0.1, 0.15) is 0 Å². The van der Waals surface area contributed by atoms with Crippen molar-refractivity contribution in [2.24, 2.45) is 0 Å². The number of hydrogen-bond donors (Lipinski definition) is 1. The topological polar surface area (TPSA) is 131 Å². The lowest BCUT2D eigenvalue weighted by Gasteiger charge is -2.30. The minimum Gasteiger partial charge on any atom is -0.462 e. The van der Waals surface area contributed by atoms with Crippen molar-refractivity contribution >= 4 is 44.3 Å². The van der Waals surface area contributed by atoms with E-state index < -0.39 is 27.2 Å². The number of aryl methyl sites for hydroxylation is 1. The van der Waals surface area contributed by atoms with Crippen LogP contribution >= 0.6 is 11.6 Å². The molecule has 0 spiro atoms. The molecule has 1 N–H and O–H groups in total. The molecule has 2 aromatic carbocycles. The maximum absolute atomic E-state index is 13.7. The molecule has 2 aromatic heterocycles. The van der Waals surface area contributed by atoms with Crippen LogP contribution in [0.4, 0.5) is 5.69 Å². The Bertz CT molecular complexity index is 1800. The molecule has 12 heteroatoms. The average molecular weight is 555 g/mol. The Labute approximate surface area is 222 Å². The van der Waals surface area contributed by atoms with Crippen LogP contribution in [0, 0.1) is 0 Å². The van der Waals surface area contributed by atoms with Crippen LogP contribution < -0.4 is 15.6 Å². The van der Waals surface area contributed by atoms with Crippen molar-refractivity contribution in [2.45, 2.75) is 31.1 Å². The Morgan fingerprint density at radius 1 is 1.13 bits per heavy atom. The van der Waals surface area contributed by atoms with Crippen LogP contribution in [-0.4, -0.2) is 42.1 Å². The lowest BCUT2D eigenvalue weighted by molar-refractivity contribution is 0.0505. The molecule has 5 rings (SSSR count). The first-order valence-electron chi connectivity index (χ1n) is 11.9. The Kier molecular flexibility index (Phi) is 6.80. The third-order valence-corrected chi connectivity index (χ3v) is 8.36. The third-order valence-electron chi connectivity index (χ3n) is 6.23. The molecule has 1 aliphatic heterocycles. The second kappa shape index (κ2) is 10.1. The zero-order chi connectivity index (χ0) is 27.0. The number of esters is 1. The van der Waals surface area contributed by atoms with Gasteiger partial charge in [-0.15, -0.1) is 0 Å². The van der Waals surface area contributed by atoms with E-state index in [9.17, 15) is 22.8 Å². The first-order valence-corrected chi connectivity index (χ1v) is 13.8. The first kappa shape index (κ1) is 25.7. The summed E-state index contributed by atoms with van der Waals surface area (Å²) in [5, 5.41) is -0.00323. The molecule has 0 unspecified atom stereocenters. The van der Waals surface area contributed by atoms with Crippen molar-refractivity contribution in [3.63, 3.8) is 0 Å². The van der Waals surface area contributed by atoms with E-state index in [1.807, 2.05) is 19.1 Å². The van der Waals surface area contributed by atoms with Gasteiger partial charge in [-0.05, 0) is 55.2 Å². The van der Waals surface area contributed by atoms with E-state index in [1.54, 1.807) is 12.1 Å². The van der Waals surface area contributed by atoms with Crippen LogP contribution in [0.15, 0.2) is 69.2 Å². The quantitative estimate of drug-likeness (QED) is 0.361. The zero-order valence-electron chi connectivity index (χ0n) is 20.3. The van der Waals surface area contributed by atoms with E-state index in [0.29, 0.717) is 25.1 Å². The number of fused-ring (bicyclic) bond motifs is 2. The zero-order valence-corrected chi connectivity index (χ0v) is 21.9. The summed E-state index contributed by atoms with van der Waals surface area (Å²) in [5.41, 5.74) is -0.140. The van der Waals surface area contributed by atoms with Gasteiger partial charge in [-0.1, -0.05) is 36.7 Å². The van der Waals surface area contributed by atoms with Crippen molar-refractivity contribution in [1.82, 2.24) is 14.5 Å². The molecule has 0 saturated carbocycles. The number of aromatic nitrogens is 3. The summed E-state index contributed by atoms with van der Waals surface area (Å²) < 4.78 is 34.9. The number of benzene rings is 2. The summed E-state index contributed by atoms with van der Waals surface area (Å²) in [5.74, 6) is -0.661. The highest BCUT2D eigenvalue weighted by Gasteiger charge is 2.30. The number of halogens is 1. The van der Waals surface area contributed by atoms with E-state index in [2.05, 4.69) is 9.97 Å². The normalized spacial score (nSPS) is 13.4. The van der Waals surface area contributed by atoms with E-state index in [-0.39, 0.29) is 38.8 Å². The van der Waals surface area contributed by atoms with Crippen LogP contribution in [0.1, 0.15) is 35.7 Å². The number of aromatic amines is 1.